The molecule has 2 atom stereocenters. The Morgan fingerprint density at radius 2 is 2.00 bits per heavy atom. The summed E-state index contributed by atoms with van der Waals surface area (Å²) in [4.78, 5) is 0. The molecule has 0 unspecified atom stereocenters. The summed E-state index contributed by atoms with van der Waals surface area (Å²) in [5.74, 6) is 1.17. The lowest BCUT2D eigenvalue weighted by Crippen LogP contribution is -2.01. The molecule has 0 aromatic heterocycles. The number of nitrogens with zero attached hydrogens (tertiary/aromatic N) is 1. The van der Waals surface area contributed by atoms with E-state index < -0.39 is 0 Å². The fraction of sp³-hybridized carbons (Fsp3) is 0.417. The molecule has 0 heterocycles. The molecule has 2 heteroatoms. The lowest BCUT2D eigenvalue weighted by molar-refractivity contribution is 0.315. The third-order valence-corrected chi connectivity index (χ3v) is 3.45. The van der Waals surface area contributed by atoms with Crippen molar-refractivity contribution < 1.29 is 5.21 Å². The first-order valence-corrected chi connectivity index (χ1v) is 5.19. The summed E-state index contributed by atoms with van der Waals surface area (Å²) in [6, 6.07) is 8.62. The van der Waals surface area contributed by atoms with Gasteiger partial charge in [0.2, 0.25) is 0 Å². The molecule has 72 valence electrons. The largest absolute Gasteiger partial charge is 0.411 e. The summed E-state index contributed by atoms with van der Waals surface area (Å²) in [5, 5.41) is 12.3. The second-order valence-electron chi connectivity index (χ2n) is 4.24. The summed E-state index contributed by atoms with van der Waals surface area (Å²) < 4.78 is 0. The smallest absolute Gasteiger partial charge is 0.0611 e. The van der Waals surface area contributed by atoms with Crippen LogP contribution in [0.3, 0.4) is 0 Å². The fourth-order valence-electron chi connectivity index (χ4n) is 2.60. The number of hydrogen-bond acceptors (Lipinski definition) is 2. The topological polar surface area (TPSA) is 32.6 Å². The van der Waals surface area contributed by atoms with Crippen LogP contribution < -0.4 is 0 Å². The van der Waals surface area contributed by atoms with Gasteiger partial charge in [-0.3, -0.25) is 0 Å². The molecule has 0 radical (unpaired) electrons. The standard InChI is InChI=1S/C12H13NO/c14-13-12-6-5-8-3-1-2-4-9(8)10-7-11(10)12/h1-4,10-11,14H,5-7H2/b13-12-/t10-,11-/m0/s1. The maximum atomic E-state index is 8.88. The third-order valence-electron chi connectivity index (χ3n) is 3.45. The normalized spacial score (nSPS) is 31.9. The molecule has 1 aromatic carbocycles. The highest BCUT2D eigenvalue weighted by atomic mass is 16.4. The Balaban J connectivity index is 2.04. The minimum Gasteiger partial charge on any atom is -0.411 e. The number of fused-ring (bicyclic) bond motifs is 3. The van der Waals surface area contributed by atoms with Crippen molar-refractivity contribution in [2.24, 2.45) is 11.1 Å². The van der Waals surface area contributed by atoms with E-state index in [1.54, 1.807) is 0 Å². The van der Waals surface area contributed by atoms with Gasteiger partial charge in [-0.25, -0.2) is 0 Å². The van der Waals surface area contributed by atoms with Crippen LogP contribution in [-0.2, 0) is 6.42 Å². The Bertz CT molecular complexity index is 397. The van der Waals surface area contributed by atoms with E-state index in [0.29, 0.717) is 11.8 Å². The van der Waals surface area contributed by atoms with Crippen molar-refractivity contribution in [1.82, 2.24) is 0 Å². The highest BCUT2D eigenvalue weighted by molar-refractivity contribution is 5.90. The minimum atomic E-state index is 0.531. The maximum Gasteiger partial charge on any atom is 0.0611 e. The Morgan fingerprint density at radius 3 is 2.86 bits per heavy atom. The quantitative estimate of drug-likeness (QED) is 0.491. The van der Waals surface area contributed by atoms with Crippen LogP contribution in [0.25, 0.3) is 0 Å². The third kappa shape index (κ3) is 1.07. The number of aryl methyl sites for hydroxylation is 1. The molecule has 0 aliphatic heterocycles. The Labute approximate surface area is 83.3 Å². The van der Waals surface area contributed by atoms with Gasteiger partial charge in [-0.05, 0) is 36.3 Å². The summed E-state index contributed by atoms with van der Waals surface area (Å²) in [5.41, 5.74) is 3.93. The van der Waals surface area contributed by atoms with Crippen LogP contribution in [0.2, 0.25) is 0 Å². The van der Waals surface area contributed by atoms with Gasteiger partial charge in [0.25, 0.3) is 0 Å². The summed E-state index contributed by atoms with van der Waals surface area (Å²) in [6.45, 7) is 0. The molecule has 1 fully saturated rings. The second kappa shape index (κ2) is 2.84. The van der Waals surface area contributed by atoms with Crippen molar-refractivity contribution in [2.75, 3.05) is 0 Å². The van der Waals surface area contributed by atoms with Gasteiger partial charge in [-0.1, -0.05) is 29.4 Å². The monoisotopic (exact) mass is 187 g/mol. The molecule has 1 saturated carbocycles. The molecule has 2 aliphatic rings. The van der Waals surface area contributed by atoms with E-state index in [1.165, 1.54) is 17.5 Å². The lowest BCUT2D eigenvalue weighted by atomic mass is 10.0. The first kappa shape index (κ1) is 8.04. The zero-order valence-corrected chi connectivity index (χ0v) is 7.98. The molecular formula is C12H13NO. The minimum absolute atomic E-state index is 0.531. The van der Waals surface area contributed by atoms with E-state index in [4.69, 9.17) is 5.21 Å². The molecule has 1 N–H and O–H groups in total. The SMILES string of the molecule is O/N=C1/CCc2ccccc2[C@@H]2C[C@H]12. The van der Waals surface area contributed by atoms with Crippen LogP contribution in [0, 0.1) is 5.92 Å². The Hall–Kier alpha value is -1.31. The summed E-state index contributed by atoms with van der Waals surface area (Å²) in [7, 11) is 0. The maximum absolute atomic E-state index is 8.88. The Kier molecular flexibility index (Phi) is 1.63. The van der Waals surface area contributed by atoms with Crippen LogP contribution >= 0.6 is 0 Å². The van der Waals surface area contributed by atoms with Gasteiger partial charge in [-0.2, -0.15) is 0 Å². The summed E-state index contributed by atoms with van der Waals surface area (Å²) in [6.07, 6.45) is 3.13. The molecule has 2 aliphatic carbocycles. The molecule has 0 saturated heterocycles. The highest BCUT2D eigenvalue weighted by Crippen LogP contribution is 2.51. The lowest BCUT2D eigenvalue weighted by Gasteiger charge is -2.04. The van der Waals surface area contributed by atoms with Crippen molar-refractivity contribution in [3.8, 4) is 0 Å². The van der Waals surface area contributed by atoms with Gasteiger partial charge in [0.1, 0.15) is 0 Å². The van der Waals surface area contributed by atoms with Crippen molar-refractivity contribution in [3.63, 3.8) is 0 Å². The van der Waals surface area contributed by atoms with Crippen LogP contribution in [-0.4, -0.2) is 10.9 Å². The van der Waals surface area contributed by atoms with E-state index in [-0.39, 0.29) is 0 Å². The van der Waals surface area contributed by atoms with Crippen LogP contribution in [0.1, 0.15) is 29.9 Å². The van der Waals surface area contributed by atoms with Gasteiger partial charge in [0.05, 0.1) is 5.71 Å². The number of oxime groups is 1. The molecule has 14 heavy (non-hydrogen) atoms. The molecule has 2 nitrogen and oxygen atoms in total. The zero-order chi connectivity index (χ0) is 9.54. The first-order chi connectivity index (χ1) is 6.90. The van der Waals surface area contributed by atoms with Crippen LogP contribution in [0.5, 0.6) is 0 Å². The molecule has 1 aromatic rings. The summed E-state index contributed by atoms with van der Waals surface area (Å²) >= 11 is 0. The molecule has 0 bridgehead atoms. The van der Waals surface area contributed by atoms with Crippen LogP contribution in [0.15, 0.2) is 29.4 Å². The highest BCUT2D eigenvalue weighted by Gasteiger charge is 2.44. The van der Waals surface area contributed by atoms with E-state index in [2.05, 4.69) is 29.4 Å². The van der Waals surface area contributed by atoms with Crippen molar-refractivity contribution in [3.05, 3.63) is 35.4 Å². The molecule has 0 spiro atoms. The molecule has 0 amide bonds. The first-order valence-electron chi connectivity index (χ1n) is 5.19. The average Bonchev–Trinajstić information content (AvgIpc) is 2.98. The van der Waals surface area contributed by atoms with E-state index in [1.807, 2.05) is 0 Å². The number of benzene rings is 1. The second-order valence-corrected chi connectivity index (χ2v) is 4.24. The van der Waals surface area contributed by atoms with Gasteiger partial charge in [0.15, 0.2) is 0 Å². The number of rotatable bonds is 0. The fourth-order valence-corrected chi connectivity index (χ4v) is 2.60. The van der Waals surface area contributed by atoms with Crippen LogP contribution in [0.4, 0.5) is 0 Å². The van der Waals surface area contributed by atoms with Crippen molar-refractivity contribution in [1.29, 1.82) is 0 Å². The van der Waals surface area contributed by atoms with Crippen molar-refractivity contribution >= 4 is 5.71 Å². The average molecular weight is 187 g/mol. The predicted molar refractivity (Wildman–Crippen MR) is 54.8 cm³/mol. The molecule has 3 rings (SSSR count). The van der Waals surface area contributed by atoms with Gasteiger partial charge >= 0.3 is 0 Å². The predicted octanol–water partition coefficient (Wildman–Crippen LogP) is 2.57. The van der Waals surface area contributed by atoms with Crippen molar-refractivity contribution in [2.45, 2.75) is 25.2 Å². The van der Waals surface area contributed by atoms with E-state index >= 15 is 0 Å². The van der Waals surface area contributed by atoms with E-state index in [9.17, 15) is 0 Å². The zero-order valence-electron chi connectivity index (χ0n) is 7.98. The van der Waals surface area contributed by atoms with Gasteiger partial charge < -0.3 is 5.21 Å². The Morgan fingerprint density at radius 1 is 1.14 bits per heavy atom. The number of hydrogen-bond donors (Lipinski definition) is 1. The molecular weight excluding hydrogens is 174 g/mol. The van der Waals surface area contributed by atoms with Gasteiger partial charge in [0, 0.05) is 5.92 Å². The van der Waals surface area contributed by atoms with E-state index in [0.717, 1.165) is 18.6 Å². The van der Waals surface area contributed by atoms with Gasteiger partial charge in [-0.15, -0.1) is 0 Å².